The Morgan fingerprint density at radius 2 is 1.78 bits per heavy atom. The quantitative estimate of drug-likeness (QED) is 0.435. The summed E-state index contributed by atoms with van der Waals surface area (Å²) in [5, 5.41) is 10.0. The molecule has 0 aliphatic heterocycles. The summed E-state index contributed by atoms with van der Waals surface area (Å²) >= 11 is 0. The van der Waals surface area contributed by atoms with Gasteiger partial charge in [0.25, 0.3) is 0 Å². The summed E-state index contributed by atoms with van der Waals surface area (Å²) in [5.41, 5.74) is 3.94. The van der Waals surface area contributed by atoms with Gasteiger partial charge in [-0.3, -0.25) is 0 Å². The SMILES string of the molecule is COc1ccc(CCCC(C(=O)O)n2cnc(-c3ccccc3)c2CC(C)C)cc1OC. The molecule has 6 heteroatoms. The summed E-state index contributed by atoms with van der Waals surface area (Å²) < 4.78 is 12.5. The number of aryl methyl sites for hydroxylation is 1. The van der Waals surface area contributed by atoms with E-state index in [0.717, 1.165) is 41.8 Å². The Morgan fingerprint density at radius 3 is 2.41 bits per heavy atom. The number of carboxylic acids is 1. The summed E-state index contributed by atoms with van der Waals surface area (Å²) in [4.78, 5) is 16.8. The molecule has 170 valence electrons. The number of ether oxygens (including phenoxy) is 2. The molecule has 1 atom stereocenters. The molecule has 0 spiro atoms. The van der Waals surface area contributed by atoms with Crippen molar-refractivity contribution in [2.45, 2.75) is 45.6 Å². The average Bonchev–Trinajstić information content (AvgIpc) is 3.19. The molecule has 0 aliphatic rings. The Labute approximate surface area is 189 Å². The molecular weight excluding hydrogens is 404 g/mol. The number of hydrogen-bond acceptors (Lipinski definition) is 4. The maximum absolute atomic E-state index is 12.2. The number of aromatic nitrogens is 2. The number of aliphatic carboxylic acids is 1. The molecule has 1 heterocycles. The van der Waals surface area contributed by atoms with Gasteiger partial charge >= 0.3 is 5.97 Å². The minimum atomic E-state index is -0.834. The molecule has 3 aromatic rings. The average molecular weight is 437 g/mol. The lowest BCUT2D eigenvalue weighted by Gasteiger charge is -2.19. The number of hydrogen-bond donors (Lipinski definition) is 1. The second-order valence-electron chi connectivity index (χ2n) is 8.35. The topological polar surface area (TPSA) is 73.6 Å². The van der Waals surface area contributed by atoms with Crippen molar-refractivity contribution < 1.29 is 19.4 Å². The molecule has 0 aliphatic carbocycles. The maximum Gasteiger partial charge on any atom is 0.326 e. The fraction of sp³-hybridized carbons (Fsp3) is 0.385. The highest BCUT2D eigenvalue weighted by atomic mass is 16.5. The highest BCUT2D eigenvalue weighted by Gasteiger charge is 2.25. The van der Waals surface area contributed by atoms with Crippen LogP contribution in [0, 0.1) is 5.92 Å². The Morgan fingerprint density at radius 1 is 1.06 bits per heavy atom. The van der Waals surface area contributed by atoms with Gasteiger partial charge in [-0.15, -0.1) is 0 Å². The summed E-state index contributed by atoms with van der Waals surface area (Å²) in [6.45, 7) is 4.28. The van der Waals surface area contributed by atoms with Gasteiger partial charge in [-0.25, -0.2) is 9.78 Å². The van der Waals surface area contributed by atoms with Crippen LogP contribution in [-0.4, -0.2) is 34.8 Å². The number of rotatable bonds is 11. The van der Waals surface area contributed by atoms with Gasteiger partial charge in [-0.1, -0.05) is 50.2 Å². The zero-order valence-electron chi connectivity index (χ0n) is 19.2. The molecule has 1 N–H and O–H groups in total. The van der Waals surface area contributed by atoms with Gasteiger partial charge in [0.1, 0.15) is 6.04 Å². The predicted octanol–water partition coefficient (Wildman–Crippen LogP) is 5.41. The van der Waals surface area contributed by atoms with E-state index in [-0.39, 0.29) is 0 Å². The fourth-order valence-corrected chi connectivity index (χ4v) is 4.00. The second-order valence-corrected chi connectivity index (χ2v) is 8.35. The molecule has 0 amide bonds. The molecule has 1 aromatic heterocycles. The van der Waals surface area contributed by atoms with Crippen LogP contribution in [0.5, 0.6) is 11.5 Å². The van der Waals surface area contributed by atoms with Crippen molar-refractivity contribution in [2.75, 3.05) is 14.2 Å². The van der Waals surface area contributed by atoms with Crippen molar-refractivity contribution in [3.05, 3.63) is 66.1 Å². The van der Waals surface area contributed by atoms with Crippen LogP contribution in [0.1, 0.15) is 44.0 Å². The van der Waals surface area contributed by atoms with E-state index >= 15 is 0 Å². The van der Waals surface area contributed by atoms with Crippen LogP contribution in [0.3, 0.4) is 0 Å². The van der Waals surface area contributed by atoms with Gasteiger partial charge in [-0.05, 0) is 49.3 Å². The van der Waals surface area contributed by atoms with E-state index < -0.39 is 12.0 Å². The van der Waals surface area contributed by atoms with Crippen molar-refractivity contribution >= 4 is 5.97 Å². The molecule has 6 nitrogen and oxygen atoms in total. The van der Waals surface area contributed by atoms with Crippen molar-refractivity contribution in [2.24, 2.45) is 5.92 Å². The van der Waals surface area contributed by atoms with Crippen LogP contribution in [0.2, 0.25) is 0 Å². The summed E-state index contributed by atoms with van der Waals surface area (Å²) in [5.74, 6) is 0.916. The zero-order valence-corrected chi connectivity index (χ0v) is 19.2. The molecular formula is C26H32N2O4. The molecule has 3 rings (SSSR count). The molecule has 0 saturated heterocycles. The molecule has 1 unspecified atom stereocenters. The standard InChI is InChI=1S/C26H32N2O4/c1-18(2)15-22-25(20-10-6-5-7-11-20)27-17-28(22)21(26(29)30)12-8-9-19-13-14-23(31-3)24(16-19)32-4/h5-7,10-11,13-14,16-18,21H,8-9,12,15H2,1-4H3,(H,29,30). The van der Waals surface area contributed by atoms with Gasteiger partial charge in [0.15, 0.2) is 11.5 Å². The first-order valence-corrected chi connectivity index (χ1v) is 11.0. The van der Waals surface area contributed by atoms with Gasteiger partial charge in [-0.2, -0.15) is 0 Å². The van der Waals surface area contributed by atoms with Gasteiger partial charge in [0, 0.05) is 11.3 Å². The van der Waals surface area contributed by atoms with Gasteiger partial charge < -0.3 is 19.1 Å². The van der Waals surface area contributed by atoms with Crippen molar-refractivity contribution in [1.82, 2.24) is 9.55 Å². The summed E-state index contributed by atoms with van der Waals surface area (Å²) in [6.07, 6.45) is 4.45. The van der Waals surface area contributed by atoms with E-state index in [4.69, 9.17) is 9.47 Å². The first kappa shape index (κ1) is 23.4. The van der Waals surface area contributed by atoms with E-state index in [9.17, 15) is 9.90 Å². The Hall–Kier alpha value is -3.28. The van der Waals surface area contributed by atoms with E-state index in [2.05, 4.69) is 18.8 Å². The van der Waals surface area contributed by atoms with E-state index in [1.807, 2.05) is 53.1 Å². The molecule has 2 aromatic carbocycles. The number of methoxy groups -OCH3 is 2. The molecule has 0 bridgehead atoms. The minimum absolute atomic E-state index is 0.383. The van der Waals surface area contributed by atoms with Crippen LogP contribution < -0.4 is 9.47 Å². The number of imidazole rings is 1. The molecule has 0 saturated carbocycles. The van der Waals surface area contributed by atoms with Crippen molar-refractivity contribution in [3.8, 4) is 22.8 Å². The smallest absolute Gasteiger partial charge is 0.326 e. The lowest BCUT2D eigenvalue weighted by Crippen LogP contribution is -2.21. The van der Waals surface area contributed by atoms with Gasteiger partial charge in [0.2, 0.25) is 0 Å². The van der Waals surface area contributed by atoms with Crippen LogP contribution in [0.25, 0.3) is 11.3 Å². The highest BCUT2D eigenvalue weighted by Crippen LogP contribution is 2.30. The monoisotopic (exact) mass is 436 g/mol. The largest absolute Gasteiger partial charge is 0.493 e. The molecule has 0 fully saturated rings. The normalized spacial score (nSPS) is 12.0. The molecule has 32 heavy (non-hydrogen) atoms. The fourth-order valence-electron chi connectivity index (χ4n) is 4.00. The third kappa shape index (κ3) is 5.49. The second kappa shape index (κ2) is 10.8. The lowest BCUT2D eigenvalue weighted by atomic mass is 10.0. The van der Waals surface area contributed by atoms with E-state index in [1.54, 1.807) is 20.5 Å². The lowest BCUT2D eigenvalue weighted by molar-refractivity contribution is -0.141. The predicted molar refractivity (Wildman–Crippen MR) is 125 cm³/mol. The summed E-state index contributed by atoms with van der Waals surface area (Å²) in [7, 11) is 3.22. The minimum Gasteiger partial charge on any atom is -0.493 e. The Balaban J connectivity index is 1.81. The Kier molecular flexibility index (Phi) is 7.92. The third-order valence-electron chi connectivity index (χ3n) is 5.56. The zero-order chi connectivity index (χ0) is 23.1. The number of benzene rings is 2. The Bertz CT molecular complexity index is 1030. The van der Waals surface area contributed by atoms with E-state index in [1.165, 1.54) is 0 Å². The van der Waals surface area contributed by atoms with Crippen molar-refractivity contribution in [3.63, 3.8) is 0 Å². The third-order valence-corrected chi connectivity index (χ3v) is 5.56. The summed E-state index contributed by atoms with van der Waals surface area (Å²) in [6, 6.07) is 15.1. The van der Waals surface area contributed by atoms with Crippen molar-refractivity contribution in [1.29, 1.82) is 0 Å². The number of carboxylic acid groups (broad SMARTS) is 1. The van der Waals surface area contributed by atoms with Crippen LogP contribution in [0.15, 0.2) is 54.9 Å². The van der Waals surface area contributed by atoms with Gasteiger partial charge in [0.05, 0.1) is 26.2 Å². The van der Waals surface area contributed by atoms with Crippen LogP contribution >= 0.6 is 0 Å². The first-order chi connectivity index (χ1) is 15.4. The van der Waals surface area contributed by atoms with Crippen LogP contribution in [-0.2, 0) is 17.6 Å². The maximum atomic E-state index is 12.2. The van der Waals surface area contributed by atoms with Crippen LogP contribution in [0.4, 0.5) is 0 Å². The number of carbonyl (C=O) groups is 1. The molecule has 0 radical (unpaired) electrons. The van der Waals surface area contributed by atoms with E-state index in [0.29, 0.717) is 23.8 Å². The number of nitrogens with zero attached hydrogens (tertiary/aromatic N) is 2. The highest BCUT2D eigenvalue weighted by molar-refractivity contribution is 5.73. The first-order valence-electron chi connectivity index (χ1n) is 11.0.